The highest BCUT2D eigenvalue weighted by Gasteiger charge is 2.14. The van der Waals surface area contributed by atoms with Gasteiger partial charge in [0, 0.05) is 23.6 Å². The maximum Gasteiger partial charge on any atom is 0.251 e. The molecule has 0 aliphatic carbocycles. The lowest BCUT2D eigenvalue weighted by Crippen LogP contribution is -2.36. The van der Waals surface area contributed by atoms with Gasteiger partial charge in [-0.25, -0.2) is 0 Å². The number of likely N-dealkylation sites (N-methyl/N-ethyl adjacent to an activating group) is 1. The Morgan fingerprint density at radius 2 is 1.77 bits per heavy atom. The summed E-state index contributed by atoms with van der Waals surface area (Å²) in [7, 11) is 3.51. The molecule has 1 atom stereocenters. The zero-order valence-electron chi connectivity index (χ0n) is 15.3. The van der Waals surface area contributed by atoms with Crippen molar-refractivity contribution in [3.05, 3.63) is 69.7 Å². The van der Waals surface area contributed by atoms with E-state index in [0.29, 0.717) is 18.7 Å². The number of rotatable bonds is 7. The molecule has 6 heteroatoms. The number of hydrogen-bond acceptors (Lipinski definition) is 3. The Morgan fingerprint density at radius 3 is 2.38 bits per heavy atom. The van der Waals surface area contributed by atoms with E-state index in [1.54, 1.807) is 19.2 Å². The fraction of sp³-hybridized carbons (Fsp3) is 0.300. The van der Waals surface area contributed by atoms with E-state index in [4.69, 9.17) is 0 Å². The largest absolute Gasteiger partial charge is 0.355 e. The Balaban J connectivity index is 1.87. The van der Waals surface area contributed by atoms with E-state index < -0.39 is 0 Å². The second-order valence-electron chi connectivity index (χ2n) is 6.26. The van der Waals surface area contributed by atoms with E-state index in [9.17, 15) is 9.59 Å². The van der Waals surface area contributed by atoms with Gasteiger partial charge in [-0.1, -0.05) is 46.3 Å². The van der Waals surface area contributed by atoms with E-state index in [1.807, 2.05) is 55.3 Å². The van der Waals surface area contributed by atoms with E-state index in [1.165, 1.54) is 0 Å². The summed E-state index contributed by atoms with van der Waals surface area (Å²) in [5, 5.41) is 5.62. The molecule has 0 aliphatic heterocycles. The highest BCUT2D eigenvalue weighted by Crippen LogP contribution is 2.22. The van der Waals surface area contributed by atoms with Crippen LogP contribution in [0.3, 0.4) is 0 Å². The van der Waals surface area contributed by atoms with Crippen LogP contribution < -0.4 is 10.6 Å². The smallest absolute Gasteiger partial charge is 0.251 e. The van der Waals surface area contributed by atoms with Crippen molar-refractivity contribution in [2.24, 2.45) is 0 Å². The molecular formula is C20H24BrN3O2. The first kappa shape index (κ1) is 20.1. The Kier molecular flexibility index (Phi) is 7.36. The molecule has 0 bridgehead atoms. The molecule has 0 radical (unpaired) electrons. The van der Waals surface area contributed by atoms with Crippen LogP contribution >= 0.6 is 15.9 Å². The molecular weight excluding hydrogens is 394 g/mol. The van der Waals surface area contributed by atoms with Gasteiger partial charge in [0.05, 0.1) is 12.6 Å². The van der Waals surface area contributed by atoms with Crippen molar-refractivity contribution >= 4 is 27.7 Å². The molecule has 26 heavy (non-hydrogen) atoms. The number of carbonyl (C=O) groups excluding carboxylic acids is 2. The van der Waals surface area contributed by atoms with Crippen molar-refractivity contribution in [3.8, 4) is 0 Å². The molecule has 138 valence electrons. The summed E-state index contributed by atoms with van der Waals surface area (Å²) in [6.07, 6.45) is 0. The number of nitrogens with zero attached hydrogens (tertiary/aromatic N) is 1. The fourth-order valence-electron chi connectivity index (χ4n) is 2.71. The number of nitrogens with one attached hydrogen (secondary N) is 2. The lowest BCUT2D eigenvalue weighted by atomic mass is 10.1. The van der Waals surface area contributed by atoms with Crippen molar-refractivity contribution in [1.82, 2.24) is 15.5 Å². The summed E-state index contributed by atoms with van der Waals surface area (Å²) in [6.45, 7) is 2.90. The molecule has 2 aromatic rings. The molecule has 0 saturated heterocycles. The predicted octanol–water partition coefficient (Wildman–Crippen LogP) is 3.12. The monoisotopic (exact) mass is 417 g/mol. The van der Waals surface area contributed by atoms with Gasteiger partial charge >= 0.3 is 0 Å². The number of carbonyl (C=O) groups is 2. The molecule has 0 heterocycles. The lowest BCUT2D eigenvalue weighted by Gasteiger charge is -2.20. The lowest BCUT2D eigenvalue weighted by molar-refractivity contribution is -0.122. The Hall–Kier alpha value is -2.18. The molecule has 2 amide bonds. The summed E-state index contributed by atoms with van der Waals surface area (Å²) in [6, 6.07) is 15.2. The van der Waals surface area contributed by atoms with Crippen LogP contribution in [0.2, 0.25) is 0 Å². The van der Waals surface area contributed by atoms with Crippen LogP contribution in [0.25, 0.3) is 0 Å². The van der Waals surface area contributed by atoms with Crippen LogP contribution in [0, 0.1) is 0 Å². The molecule has 0 aromatic heterocycles. The first-order chi connectivity index (χ1) is 12.4. The summed E-state index contributed by atoms with van der Waals surface area (Å²) >= 11 is 3.51. The van der Waals surface area contributed by atoms with Crippen molar-refractivity contribution in [2.45, 2.75) is 19.5 Å². The SMILES string of the molecule is CNC(=O)c1ccc(CN(C)CC(=O)N[C@H](C)c2ccccc2Br)cc1. The predicted molar refractivity (Wildman–Crippen MR) is 107 cm³/mol. The van der Waals surface area contributed by atoms with E-state index in [2.05, 4.69) is 26.6 Å². The Labute approximate surface area is 162 Å². The number of amides is 2. The van der Waals surface area contributed by atoms with Gasteiger partial charge in [0.2, 0.25) is 5.91 Å². The standard InChI is InChI=1S/C20H24BrN3O2/c1-14(17-6-4-5-7-18(17)21)23-19(25)13-24(3)12-15-8-10-16(11-9-15)20(26)22-2/h4-11,14H,12-13H2,1-3H3,(H,22,26)(H,23,25)/t14-/m1/s1. The minimum atomic E-state index is -0.106. The fourth-order valence-corrected chi connectivity index (χ4v) is 3.34. The zero-order chi connectivity index (χ0) is 19.1. The third-order valence-corrected chi connectivity index (χ3v) is 4.78. The zero-order valence-corrected chi connectivity index (χ0v) is 16.8. The molecule has 2 N–H and O–H groups in total. The summed E-state index contributed by atoms with van der Waals surface area (Å²) in [5.41, 5.74) is 2.72. The van der Waals surface area contributed by atoms with E-state index in [-0.39, 0.29) is 17.9 Å². The topological polar surface area (TPSA) is 61.4 Å². The van der Waals surface area contributed by atoms with Crippen molar-refractivity contribution < 1.29 is 9.59 Å². The van der Waals surface area contributed by atoms with Gasteiger partial charge in [-0.3, -0.25) is 14.5 Å². The average molecular weight is 418 g/mol. The van der Waals surface area contributed by atoms with Crippen molar-refractivity contribution in [1.29, 1.82) is 0 Å². The molecule has 0 spiro atoms. The Morgan fingerprint density at radius 1 is 1.12 bits per heavy atom. The van der Waals surface area contributed by atoms with Crippen molar-refractivity contribution in [2.75, 3.05) is 20.6 Å². The van der Waals surface area contributed by atoms with Crippen LogP contribution in [0.15, 0.2) is 53.0 Å². The minimum absolute atomic E-state index is 0.0299. The quantitative estimate of drug-likeness (QED) is 0.727. The highest BCUT2D eigenvalue weighted by atomic mass is 79.9. The van der Waals surface area contributed by atoms with Gasteiger partial charge in [-0.05, 0) is 43.3 Å². The maximum atomic E-state index is 12.3. The molecule has 2 rings (SSSR count). The number of hydrogen-bond donors (Lipinski definition) is 2. The normalized spacial score (nSPS) is 11.9. The Bertz CT molecular complexity index is 762. The van der Waals surface area contributed by atoms with Gasteiger partial charge in [0.25, 0.3) is 5.91 Å². The third kappa shape index (κ3) is 5.68. The molecule has 0 saturated carbocycles. The van der Waals surface area contributed by atoms with Gasteiger partial charge in [0.1, 0.15) is 0 Å². The number of halogens is 1. The summed E-state index contributed by atoms with van der Waals surface area (Å²) in [4.78, 5) is 25.8. The third-order valence-electron chi connectivity index (χ3n) is 4.06. The van der Waals surface area contributed by atoms with Gasteiger partial charge in [0.15, 0.2) is 0 Å². The summed E-state index contributed by atoms with van der Waals surface area (Å²) in [5.74, 6) is -0.136. The van der Waals surface area contributed by atoms with E-state index in [0.717, 1.165) is 15.6 Å². The van der Waals surface area contributed by atoms with Crippen LogP contribution in [0.5, 0.6) is 0 Å². The van der Waals surface area contributed by atoms with Gasteiger partial charge in [-0.2, -0.15) is 0 Å². The van der Waals surface area contributed by atoms with Crippen LogP contribution in [0.1, 0.15) is 34.5 Å². The molecule has 0 aliphatic rings. The second-order valence-corrected chi connectivity index (χ2v) is 7.11. The van der Waals surface area contributed by atoms with Gasteiger partial charge in [-0.15, -0.1) is 0 Å². The average Bonchev–Trinajstić information content (AvgIpc) is 2.61. The molecule has 2 aromatic carbocycles. The van der Waals surface area contributed by atoms with Crippen LogP contribution in [0.4, 0.5) is 0 Å². The summed E-state index contributed by atoms with van der Waals surface area (Å²) < 4.78 is 0.984. The second kappa shape index (κ2) is 9.50. The van der Waals surface area contributed by atoms with Crippen LogP contribution in [-0.4, -0.2) is 37.4 Å². The molecule has 5 nitrogen and oxygen atoms in total. The highest BCUT2D eigenvalue weighted by molar-refractivity contribution is 9.10. The maximum absolute atomic E-state index is 12.3. The number of benzene rings is 2. The minimum Gasteiger partial charge on any atom is -0.355 e. The van der Waals surface area contributed by atoms with E-state index >= 15 is 0 Å². The van der Waals surface area contributed by atoms with Crippen LogP contribution in [-0.2, 0) is 11.3 Å². The molecule has 0 unspecified atom stereocenters. The molecule has 0 fully saturated rings. The van der Waals surface area contributed by atoms with Crippen molar-refractivity contribution in [3.63, 3.8) is 0 Å². The first-order valence-corrected chi connectivity index (χ1v) is 9.23. The van der Waals surface area contributed by atoms with Gasteiger partial charge < -0.3 is 10.6 Å². The first-order valence-electron chi connectivity index (χ1n) is 8.44.